The van der Waals surface area contributed by atoms with Crippen LogP contribution in [0.25, 0.3) is 0 Å². The number of β-amino-alcohol motifs (C(OH)–C–C–N with tert-alkyl or cyclic N) is 1. The first kappa shape index (κ1) is 8.38. The first-order chi connectivity index (χ1) is 6.83. The molecule has 2 fully saturated rings. The van der Waals surface area contributed by atoms with Gasteiger partial charge in [0.2, 0.25) is 5.89 Å². The Morgan fingerprint density at radius 2 is 2.29 bits per heavy atom. The minimum atomic E-state index is -0.281. The molecule has 0 bridgehead atoms. The lowest BCUT2D eigenvalue weighted by atomic mass is 10.2. The molecule has 1 aromatic rings. The van der Waals surface area contributed by atoms with Gasteiger partial charge in [0, 0.05) is 12.5 Å². The van der Waals surface area contributed by atoms with Crippen molar-refractivity contribution in [3.8, 4) is 0 Å². The molecule has 1 aliphatic carbocycles. The lowest BCUT2D eigenvalue weighted by Gasteiger charge is -2.01. The Hall–Kier alpha value is -0.940. The summed E-state index contributed by atoms with van der Waals surface area (Å²) in [5, 5.41) is 16.4. The van der Waals surface area contributed by atoms with Gasteiger partial charge in [-0.05, 0) is 19.3 Å². The minimum Gasteiger partial charge on any atom is -0.392 e. The Balaban J connectivity index is 1.75. The fourth-order valence-electron chi connectivity index (χ4n) is 1.80. The van der Waals surface area contributed by atoms with Crippen molar-refractivity contribution in [2.45, 2.75) is 37.3 Å². The maximum absolute atomic E-state index is 9.34. The Morgan fingerprint density at radius 1 is 1.43 bits per heavy atom. The van der Waals surface area contributed by atoms with Gasteiger partial charge < -0.3 is 14.9 Å². The van der Waals surface area contributed by atoms with Gasteiger partial charge in [0.05, 0.1) is 12.1 Å². The van der Waals surface area contributed by atoms with Gasteiger partial charge in [0.1, 0.15) is 0 Å². The molecule has 0 radical (unpaired) electrons. The summed E-state index contributed by atoms with van der Waals surface area (Å²) in [6, 6.07) is 0.0463. The summed E-state index contributed by atoms with van der Waals surface area (Å²) in [5.74, 6) is 1.99. The van der Waals surface area contributed by atoms with Gasteiger partial charge in [-0.3, -0.25) is 0 Å². The van der Waals surface area contributed by atoms with Gasteiger partial charge in [-0.2, -0.15) is 4.98 Å². The predicted molar refractivity (Wildman–Crippen MR) is 47.6 cm³/mol. The van der Waals surface area contributed by atoms with Crippen molar-refractivity contribution in [2.24, 2.45) is 0 Å². The zero-order valence-electron chi connectivity index (χ0n) is 7.81. The Morgan fingerprint density at radius 3 is 2.93 bits per heavy atom. The lowest BCUT2D eigenvalue weighted by Crippen LogP contribution is -2.15. The highest BCUT2D eigenvalue weighted by molar-refractivity contribution is 5.06. The summed E-state index contributed by atoms with van der Waals surface area (Å²) in [7, 11) is 0. The van der Waals surface area contributed by atoms with E-state index in [-0.39, 0.29) is 12.1 Å². The van der Waals surface area contributed by atoms with E-state index in [9.17, 15) is 5.11 Å². The van der Waals surface area contributed by atoms with Gasteiger partial charge in [-0.1, -0.05) is 5.16 Å². The number of rotatable bonds is 2. The third kappa shape index (κ3) is 1.42. The van der Waals surface area contributed by atoms with Crippen molar-refractivity contribution in [1.82, 2.24) is 15.5 Å². The second kappa shape index (κ2) is 3.03. The molecule has 1 saturated carbocycles. The van der Waals surface area contributed by atoms with E-state index in [0.717, 1.165) is 5.82 Å². The number of aliphatic hydroxyl groups excluding tert-OH is 1. The van der Waals surface area contributed by atoms with E-state index in [1.807, 2.05) is 0 Å². The summed E-state index contributed by atoms with van der Waals surface area (Å²) in [6.07, 6.45) is 2.75. The Labute approximate surface area is 81.5 Å². The van der Waals surface area contributed by atoms with Crippen LogP contribution in [0.1, 0.15) is 42.9 Å². The highest BCUT2D eigenvalue weighted by Gasteiger charge is 2.32. The normalized spacial score (nSPS) is 32.4. The van der Waals surface area contributed by atoms with Gasteiger partial charge in [0.25, 0.3) is 0 Å². The van der Waals surface area contributed by atoms with Crippen LogP contribution in [-0.2, 0) is 0 Å². The molecular formula is C9H13N3O2. The summed E-state index contributed by atoms with van der Waals surface area (Å²) >= 11 is 0. The number of aliphatic hydroxyl groups is 1. The van der Waals surface area contributed by atoms with Crippen molar-refractivity contribution < 1.29 is 9.63 Å². The van der Waals surface area contributed by atoms with Gasteiger partial charge in [-0.25, -0.2) is 0 Å². The number of aromatic nitrogens is 2. The predicted octanol–water partition coefficient (Wildman–Crippen LogP) is 0.342. The van der Waals surface area contributed by atoms with Crippen LogP contribution in [0.15, 0.2) is 4.52 Å². The zero-order chi connectivity index (χ0) is 9.54. The largest absolute Gasteiger partial charge is 0.392 e. The molecule has 1 saturated heterocycles. The summed E-state index contributed by atoms with van der Waals surface area (Å²) in [6.45, 7) is 0.617. The van der Waals surface area contributed by atoms with E-state index in [2.05, 4.69) is 15.5 Å². The van der Waals surface area contributed by atoms with E-state index in [0.29, 0.717) is 24.8 Å². The fourth-order valence-corrected chi connectivity index (χ4v) is 1.80. The van der Waals surface area contributed by atoms with Crippen molar-refractivity contribution in [1.29, 1.82) is 0 Å². The highest BCUT2D eigenvalue weighted by Crippen LogP contribution is 2.38. The molecule has 1 aliphatic heterocycles. The Kier molecular flexibility index (Phi) is 1.81. The molecule has 0 spiro atoms. The molecule has 0 unspecified atom stereocenters. The van der Waals surface area contributed by atoms with Crippen LogP contribution >= 0.6 is 0 Å². The molecule has 76 valence electrons. The van der Waals surface area contributed by atoms with E-state index in [1.165, 1.54) is 12.8 Å². The highest BCUT2D eigenvalue weighted by atomic mass is 16.5. The quantitative estimate of drug-likeness (QED) is 0.712. The maximum atomic E-state index is 9.34. The third-order valence-electron chi connectivity index (χ3n) is 2.81. The van der Waals surface area contributed by atoms with Gasteiger partial charge in [0.15, 0.2) is 5.82 Å². The van der Waals surface area contributed by atoms with Crippen LogP contribution in [0, 0.1) is 0 Å². The van der Waals surface area contributed by atoms with E-state index >= 15 is 0 Å². The molecule has 1 aromatic heterocycles. The van der Waals surface area contributed by atoms with E-state index in [1.54, 1.807) is 0 Å². The van der Waals surface area contributed by atoms with Crippen LogP contribution in [0.4, 0.5) is 0 Å². The van der Waals surface area contributed by atoms with Gasteiger partial charge in [-0.15, -0.1) is 0 Å². The van der Waals surface area contributed by atoms with Crippen LogP contribution in [0.2, 0.25) is 0 Å². The molecule has 2 N–H and O–H groups in total. The molecule has 2 aliphatic rings. The number of hydrogen-bond donors (Lipinski definition) is 2. The number of hydrogen-bond acceptors (Lipinski definition) is 5. The SMILES string of the molecule is O[C@H]1CN[C@@H](c2nc(C3CC3)no2)C1. The first-order valence-corrected chi connectivity index (χ1v) is 5.08. The average molecular weight is 195 g/mol. The third-order valence-corrected chi connectivity index (χ3v) is 2.81. The van der Waals surface area contributed by atoms with Crippen LogP contribution < -0.4 is 5.32 Å². The van der Waals surface area contributed by atoms with E-state index in [4.69, 9.17) is 4.52 Å². The molecule has 0 amide bonds. The molecule has 5 nitrogen and oxygen atoms in total. The van der Waals surface area contributed by atoms with Crippen molar-refractivity contribution >= 4 is 0 Å². The lowest BCUT2D eigenvalue weighted by molar-refractivity contribution is 0.191. The van der Waals surface area contributed by atoms with Crippen LogP contribution in [-0.4, -0.2) is 27.9 Å². The topological polar surface area (TPSA) is 71.2 Å². The van der Waals surface area contributed by atoms with E-state index < -0.39 is 0 Å². The molecule has 0 aromatic carbocycles. The fraction of sp³-hybridized carbons (Fsp3) is 0.778. The molecule has 2 heterocycles. The smallest absolute Gasteiger partial charge is 0.243 e. The number of nitrogens with zero attached hydrogens (tertiary/aromatic N) is 2. The molecule has 5 heteroatoms. The second-order valence-electron chi connectivity index (χ2n) is 4.12. The van der Waals surface area contributed by atoms with Crippen LogP contribution in [0.3, 0.4) is 0 Å². The molecular weight excluding hydrogens is 182 g/mol. The summed E-state index contributed by atoms with van der Waals surface area (Å²) in [4.78, 5) is 4.34. The average Bonchev–Trinajstić information content (AvgIpc) is 2.76. The molecule has 3 rings (SSSR count). The number of nitrogens with one attached hydrogen (secondary N) is 1. The van der Waals surface area contributed by atoms with Crippen LogP contribution in [0.5, 0.6) is 0 Å². The van der Waals surface area contributed by atoms with Crippen molar-refractivity contribution in [2.75, 3.05) is 6.54 Å². The van der Waals surface area contributed by atoms with Crippen molar-refractivity contribution in [3.63, 3.8) is 0 Å². The summed E-state index contributed by atoms with van der Waals surface area (Å²) < 4.78 is 5.16. The first-order valence-electron chi connectivity index (χ1n) is 5.08. The Bertz CT molecular complexity index is 335. The summed E-state index contributed by atoms with van der Waals surface area (Å²) in [5.41, 5.74) is 0. The molecule has 2 atom stereocenters. The van der Waals surface area contributed by atoms with Crippen molar-refractivity contribution in [3.05, 3.63) is 11.7 Å². The van der Waals surface area contributed by atoms with Gasteiger partial charge >= 0.3 is 0 Å². The maximum Gasteiger partial charge on any atom is 0.243 e. The monoisotopic (exact) mass is 195 g/mol. The zero-order valence-corrected chi connectivity index (χ0v) is 7.81. The minimum absolute atomic E-state index is 0.0463. The molecule has 14 heavy (non-hydrogen) atoms. The second-order valence-corrected chi connectivity index (χ2v) is 4.12. The standard InChI is InChI=1S/C9H13N3O2/c13-6-3-7(10-4-6)9-11-8(12-14-9)5-1-2-5/h5-7,10,13H,1-4H2/t6-,7-/m1/s1.